The van der Waals surface area contributed by atoms with Gasteiger partial charge in [-0.1, -0.05) is 48.5 Å². The second-order valence-electron chi connectivity index (χ2n) is 8.28. The van der Waals surface area contributed by atoms with Crippen LogP contribution >= 0.6 is 0 Å². The number of fused-ring (bicyclic) bond motifs is 1. The minimum Gasteiger partial charge on any atom is -0.323 e. The lowest BCUT2D eigenvalue weighted by Gasteiger charge is -2.21. The lowest BCUT2D eigenvalue weighted by atomic mass is 10.1. The molecule has 1 fully saturated rings. The van der Waals surface area contributed by atoms with Crippen molar-refractivity contribution in [1.82, 2.24) is 9.55 Å². The number of carbonyl (C=O) groups excluding carboxylic acids is 1. The molecule has 3 aromatic carbocycles. The zero-order valence-electron chi connectivity index (χ0n) is 17.7. The number of nitrogens with zero attached hydrogens (tertiary/aromatic N) is 3. The molecule has 5 heteroatoms. The van der Waals surface area contributed by atoms with E-state index in [0.717, 1.165) is 33.7 Å². The summed E-state index contributed by atoms with van der Waals surface area (Å²) in [5.41, 5.74) is 5.61. The van der Waals surface area contributed by atoms with Crippen LogP contribution in [0.3, 0.4) is 0 Å². The van der Waals surface area contributed by atoms with Gasteiger partial charge in [-0.3, -0.25) is 4.79 Å². The van der Waals surface area contributed by atoms with Crippen molar-refractivity contribution in [3.05, 3.63) is 95.1 Å². The van der Waals surface area contributed by atoms with Crippen molar-refractivity contribution in [2.24, 2.45) is 0 Å². The van der Waals surface area contributed by atoms with Gasteiger partial charge in [0.15, 0.2) is 0 Å². The van der Waals surface area contributed by atoms with Gasteiger partial charge in [-0.2, -0.15) is 0 Å². The van der Waals surface area contributed by atoms with Gasteiger partial charge in [0.1, 0.15) is 11.6 Å². The molecule has 5 rings (SSSR count). The molecule has 4 nitrogen and oxygen atoms in total. The highest BCUT2D eigenvalue weighted by Crippen LogP contribution is 2.36. The average molecular weight is 413 g/mol. The number of aryl methyl sites for hydroxylation is 2. The van der Waals surface area contributed by atoms with Crippen molar-refractivity contribution in [2.45, 2.75) is 32.7 Å². The molecule has 1 aromatic heterocycles. The lowest BCUT2D eigenvalue weighted by Crippen LogP contribution is -2.26. The summed E-state index contributed by atoms with van der Waals surface area (Å²) in [4.78, 5) is 19.8. The highest BCUT2D eigenvalue weighted by atomic mass is 19.1. The fraction of sp³-hybridized carbons (Fsp3) is 0.231. The zero-order valence-corrected chi connectivity index (χ0v) is 17.7. The third-order valence-corrected chi connectivity index (χ3v) is 6.17. The molecule has 2 heterocycles. The summed E-state index contributed by atoms with van der Waals surface area (Å²) in [6, 6.07) is 20.8. The molecule has 0 radical (unpaired) electrons. The fourth-order valence-electron chi connectivity index (χ4n) is 4.70. The van der Waals surface area contributed by atoms with E-state index >= 15 is 0 Å². The van der Waals surface area contributed by atoms with Gasteiger partial charge >= 0.3 is 0 Å². The molecule has 0 aliphatic carbocycles. The van der Waals surface area contributed by atoms with Gasteiger partial charge in [-0.05, 0) is 43.2 Å². The van der Waals surface area contributed by atoms with E-state index in [4.69, 9.17) is 4.98 Å². The van der Waals surface area contributed by atoms with Crippen LogP contribution in [0, 0.1) is 19.7 Å². The molecule has 156 valence electrons. The van der Waals surface area contributed by atoms with Crippen LogP contribution in [-0.4, -0.2) is 22.0 Å². The molecule has 4 aromatic rings. The topological polar surface area (TPSA) is 38.1 Å². The van der Waals surface area contributed by atoms with Crippen LogP contribution in [0.15, 0.2) is 66.7 Å². The maximum atomic E-state index is 14.4. The number of imidazole rings is 1. The van der Waals surface area contributed by atoms with Gasteiger partial charge in [0.25, 0.3) is 0 Å². The Hall–Kier alpha value is -3.47. The first kappa shape index (κ1) is 19.5. The molecule has 1 saturated heterocycles. The van der Waals surface area contributed by atoms with E-state index < -0.39 is 0 Å². The highest BCUT2D eigenvalue weighted by molar-refractivity contribution is 5.98. The van der Waals surface area contributed by atoms with Gasteiger partial charge in [-0.15, -0.1) is 0 Å². The molecule has 0 saturated carbocycles. The maximum Gasteiger partial charge on any atom is 0.227 e. The summed E-state index contributed by atoms with van der Waals surface area (Å²) in [6.07, 6.45) is 0.397. The molecule has 31 heavy (non-hydrogen) atoms. The molecule has 1 aliphatic rings. The molecule has 0 spiro atoms. The monoisotopic (exact) mass is 413 g/mol. The molecule has 0 N–H and O–H groups in total. The van der Waals surface area contributed by atoms with E-state index in [1.54, 1.807) is 12.1 Å². The minimum atomic E-state index is -0.231. The molecule has 1 aliphatic heterocycles. The largest absolute Gasteiger partial charge is 0.323 e. The Balaban J connectivity index is 1.56. The smallest absolute Gasteiger partial charge is 0.227 e. The Bertz CT molecular complexity index is 1270. The quantitative estimate of drug-likeness (QED) is 0.452. The molecule has 1 unspecified atom stereocenters. The second-order valence-corrected chi connectivity index (χ2v) is 8.28. The molecule has 1 atom stereocenters. The van der Waals surface area contributed by atoms with E-state index in [0.29, 0.717) is 25.1 Å². The molecular weight excluding hydrogens is 389 g/mol. The fourth-order valence-corrected chi connectivity index (χ4v) is 4.70. The summed E-state index contributed by atoms with van der Waals surface area (Å²) in [5.74, 6) is 0.662. The zero-order chi connectivity index (χ0) is 21.5. The van der Waals surface area contributed by atoms with Gasteiger partial charge < -0.3 is 9.47 Å². The van der Waals surface area contributed by atoms with Crippen LogP contribution in [-0.2, 0) is 11.3 Å². The van der Waals surface area contributed by atoms with E-state index in [2.05, 4.69) is 4.57 Å². The third-order valence-electron chi connectivity index (χ3n) is 6.17. The predicted octanol–water partition coefficient (Wildman–Crippen LogP) is 5.36. The van der Waals surface area contributed by atoms with E-state index in [1.807, 2.05) is 67.3 Å². The Morgan fingerprint density at radius 3 is 2.45 bits per heavy atom. The lowest BCUT2D eigenvalue weighted by molar-refractivity contribution is -0.117. The van der Waals surface area contributed by atoms with Gasteiger partial charge in [0.2, 0.25) is 5.91 Å². The number of carbonyl (C=O) groups is 1. The SMILES string of the molecule is Cc1cccc(C)c1N1CC(c2nc3ccccc3n2Cc2ccccc2F)CC1=O. The molecular formula is C26H24FN3O. The Morgan fingerprint density at radius 1 is 0.968 bits per heavy atom. The van der Waals surface area contributed by atoms with Crippen molar-refractivity contribution in [3.8, 4) is 0 Å². The van der Waals surface area contributed by atoms with Crippen molar-refractivity contribution in [1.29, 1.82) is 0 Å². The molecule has 1 amide bonds. The summed E-state index contributed by atoms with van der Waals surface area (Å²) in [5, 5.41) is 0. The van der Waals surface area contributed by atoms with Gasteiger partial charge in [0.05, 0.1) is 17.6 Å². The van der Waals surface area contributed by atoms with E-state index in [9.17, 15) is 9.18 Å². The second kappa shape index (κ2) is 7.65. The highest BCUT2D eigenvalue weighted by Gasteiger charge is 2.36. The average Bonchev–Trinajstić information content (AvgIpc) is 3.31. The number of hydrogen-bond donors (Lipinski definition) is 0. The summed E-state index contributed by atoms with van der Waals surface area (Å²) >= 11 is 0. The van der Waals surface area contributed by atoms with Crippen LogP contribution in [0.2, 0.25) is 0 Å². The Morgan fingerprint density at radius 2 is 1.68 bits per heavy atom. The third kappa shape index (κ3) is 3.40. The maximum absolute atomic E-state index is 14.4. The number of benzene rings is 3. The van der Waals surface area contributed by atoms with Crippen molar-refractivity contribution >= 4 is 22.6 Å². The molecule has 0 bridgehead atoms. The summed E-state index contributed by atoms with van der Waals surface area (Å²) < 4.78 is 16.5. The number of rotatable bonds is 4. The summed E-state index contributed by atoms with van der Waals surface area (Å²) in [6.45, 7) is 5.04. The first-order valence-electron chi connectivity index (χ1n) is 10.6. The van der Waals surface area contributed by atoms with Crippen LogP contribution in [0.1, 0.15) is 34.9 Å². The number of para-hydroxylation sites is 3. The van der Waals surface area contributed by atoms with Crippen molar-refractivity contribution < 1.29 is 9.18 Å². The minimum absolute atomic E-state index is 0.0503. The van der Waals surface area contributed by atoms with Crippen LogP contribution < -0.4 is 4.90 Å². The van der Waals surface area contributed by atoms with E-state index in [1.165, 1.54) is 6.07 Å². The first-order valence-corrected chi connectivity index (χ1v) is 10.6. The number of anilines is 1. The first-order chi connectivity index (χ1) is 15.0. The van der Waals surface area contributed by atoms with Crippen molar-refractivity contribution in [2.75, 3.05) is 11.4 Å². The van der Waals surface area contributed by atoms with E-state index in [-0.39, 0.29) is 17.6 Å². The standard InChI is InChI=1S/C26H24FN3O/c1-17-8-7-9-18(2)25(17)30-16-20(14-24(30)31)26-28-22-12-5-6-13-23(22)29(26)15-19-10-3-4-11-21(19)27/h3-13,20H,14-16H2,1-2H3. The Labute approximate surface area is 181 Å². The predicted molar refractivity (Wildman–Crippen MR) is 121 cm³/mol. The number of halogens is 1. The van der Waals surface area contributed by atoms with Crippen LogP contribution in [0.4, 0.5) is 10.1 Å². The van der Waals surface area contributed by atoms with Gasteiger partial charge in [-0.25, -0.2) is 9.37 Å². The normalized spacial score (nSPS) is 16.4. The number of hydrogen-bond acceptors (Lipinski definition) is 2. The number of amides is 1. The number of aromatic nitrogens is 2. The van der Waals surface area contributed by atoms with Crippen molar-refractivity contribution in [3.63, 3.8) is 0 Å². The summed E-state index contributed by atoms with van der Waals surface area (Å²) in [7, 11) is 0. The van der Waals surface area contributed by atoms with Gasteiger partial charge in [0, 0.05) is 30.1 Å². The van der Waals surface area contributed by atoms with Crippen LogP contribution in [0.5, 0.6) is 0 Å². The van der Waals surface area contributed by atoms with Crippen LogP contribution in [0.25, 0.3) is 11.0 Å². The Kier molecular flexibility index (Phi) is 4.81.